The zero-order valence-electron chi connectivity index (χ0n) is 7.78. The van der Waals surface area contributed by atoms with Gasteiger partial charge in [0.2, 0.25) is 5.75 Å². The van der Waals surface area contributed by atoms with Gasteiger partial charge in [0.25, 0.3) is 0 Å². The van der Waals surface area contributed by atoms with Gasteiger partial charge >= 0.3 is 17.6 Å². The number of ether oxygens (including phenoxy) is 1. The lowest BCUT2D eigenvalue weighted by Crippen LogP contribution is -2.22. The molecule has 92 valence electrons. The maximum absolute atomic E-state index is 12.0. The van der Waals surface area contributed by atoms with Gasteiger partial charge in [-0.1, -0.05) is 0 Å². The summed E-state index contributed by atoms with van der Waals surface area (Å²) in [5.74, 6) is -1.43. The third kappa shape index (κ3) is 2.80. The van der Waals surface area contributed by atoms with E-state index < -0.39 is 33.8 Å². The summed E-state index contributed by atoms with van der Waals surface area (Å²) >= 11 is 0. The summed E-state index contributed by atoms with van der Waals surface area (Å²) in [7, 11) is 0. The highest BCUT2D eigenvalue weighted by molar-refractivity contribution is 5.81. The van der Waals surface area contributed by atoms with Gasteiger partial charge in [0.1, 0.15) is 0 Å². The molecular formula is C7H3F3N2O5. The molecule has 0 atom stereocenters. The monoisotopic (exact) mass is 252 g/mol. The van der Waals surface area contributed by atoms with Crippen LogP contribution in [-0.4, -0.2) is 22.6 Å². The van der Waals surface area contributed by atoms with Crippen molar-refractivity contribution in [1.29, 1.82) is 0 Å². The summed E-state index contributed by atoms with van der Waals surface area (Å²) in [6, 6.07) is 0. The fourth-order valence-electron chi connectivity index (χ4n) is 0.993. The van der Waals surface area contributed by atoms with Crippen LogP contribution in [0.2, 0.25) is 0 Å². The molecule has 0 bridgehead atoms. The maximum Gasteiger partial charge on any atom is 0.573 e. The van der Waals surface area contributed by atoms with E-state index in [2.05, 4.69) is 4.74 Å². The standard InChI is InChI=1S/C7H3F3N2O5/c8-7(9,10)17-5-3(2-13)1-11-6(14)4(5)12(15)16/h1-2H,(H,11,14). The number of hydrogen-bond acceptors (Lipinski definition) is 5. The summed E-state index contributed by atoms with van der Waals surface area (Å²) in [6.45, 7) is 0. The van der Waals surface area contributed by atoms with Crippen molar-refractivity contribution >= 4 is 12.0 Å². The third-order valence-corrected chi connectivity index (χ3v) is 1.58. The Hall–Kier alpha value is -2.39. The number of nitrogens with one attached hydrogen (secondary N) is 1. The van der Waals surface area contributed by atoms with Crippen LogP contribution in [0.4, 0.5) is 18.9 Å². The lowest BCUT2D eigenvalue weighted by molar-refractivity contribution is -0.390. The van der Waals surface area contributed by atoms with Crippen LogP contribution >= 0.6 is 0 Å². The number of nitro groups is 1. The molecule has 0 amide bonds. The van der Waals surface area contributed by atoms with E-state index in [1.807, 2.05) is 0 Å². The average Bonchev–Trinajstić information content (AvgIpc) is 2.15. The normalized spacial score (nSPS) is 11.0. The van der Waals surface area contributed by atoms with Crippen LogP contribution in [-0.2, 0) is 0 Å². The molecule has 0 aliphatic carbocycles. The van der Waals surface area contributed by atoms with E-state index in [-0.39, 0.29) is 6.29 Å². The van der Waals surface area contributed by atoms with Crippen molar-refractivity contribution in [3.05, 3.63) is 32.2 Å². The molecule has 7 nitrogen and oxygen atoms in total. The molecule has 1 heterocycles. The van der Waals surface area contributed by atoms with Gasteiger partial charge in [0.05, 0.1) is 10.5 Å². The number of carbonyl (C=O) groups is 1. The number of aromatic nitrogens is 1. The van der Waals surface area contributed by atoms with Crippen molar-refractivity contribution < 1.29 is 27.6 Å². The molecule has 17 heavy (non-hydrogen) atoms. The van der Waals surface area contributed by atoms with Gasteiger partial charge in [-0.05, 0) is 0 Å². The molecule has 0 unspecified atom stereocenters. The van der Waals surface area contributed by atoms with Crippen LogP contribution in [0.25, 0.3) is 0 Å². The quantitative estimate of drug-likeness (QED) is 0.491. The summed E-state index contributed by atoms with van der Waals surface area (Å²) in [4.78, 5) is 32.2. The third-order valence-electron chi connectivity index (χ3n) is 1.58. The second-order valence-electron chi connectivity index (χ2n) is 2.67. The molecule has 0 radical (unpaired) electrons. The second-order valence-corrected chi connectivity index (χ2v) is 2.67. The molecule has 1 N–H and O–H groups in total. The Kier molecular flexibility index (Phi) is 3.16. The number of carbonyl (C=O) groups excluding carboxylic acids is 1. The highest BCUT2D eigenvalue weighted by Crippen LogP contribution is 2.31. The van der Waals surface area contributed by atoms with Gasteiger partial charge in [-0.25, -0.2) is 0 Å². The van der Waals surface area contributed by atoms with E-state index in [1.54, 1.807) is 4.98 Å². The number of aromatic amines is 1. The summed E-state index contributed by atoms with van der Waals surface area (Å²) in [6.07, 6.45) is -4.77. The molecule has 0 fully saturated rings. The van der Waals surface area contributed by atoms with Crippen LogP contribution in [0.5, 0.6) is 5.75 Å². The van der Waals surface area contributed by atoms with E-state index in [0.717, 1.165) is 0 Å². The zero-order valence-corrected chi connectivity index (χ0v) is 7.78. The largest absolute Gasteiger partial charge is 0.573 e. The molecule has 0 aliphatic rings. The highest BCUT2D eigenvalue weighted by Gasteiger charge is 2.37. The van der Waals surface area contributed by atoms with Crippen LogP contribution in [0.3, 0.4) is 0 Å². The maximum atomic E-state index is 12.0. The number of nitrogens with zero attached hydrogens (tertiary/aromatic N) is 1. The Labute approximate surface area is 90.0 Å². The van der Waals surface area contributed by atoms with Gasteiger partial charge in [-0.3, -0.25) is 19.7 Å². The number of pyridine rings is 1. The molecule has 0 saturated heterocycles. The summed E-state index contributed by atoms with van der Waals surface area (Å²) in [5.41, 5.74) is -3.67. The first-order chi connectivity index (χ1) is 7.76. The first-order valence-corrected chi connectivity index (χ1v) is 3.87. The Bertz CT molecular complexity index is 521. The topological polar surface area (TPSA) is 102 Å². The summed E-state index contributed by atoms with van der Waals surface area (Å²) in [5, 5.41) is 10.4. The minimum absolute atomic E-state index is 0.107. The van der Waals surface area contributed by atoms with Crippen molar-refractivity contribution in [2.45, 2.75) is 6.36 Å². The van der Waals surface area contributed by atoms with Crippen molar-refractivity contribution in [2.24, 2.45) is 0 Å². The van der Waals surface area contributed by atoms with Crippen molar-refractivity contribution in [1.82, 2.24) is 4.98 Å². The number of alkyl halides is 3. The van der Waals surface area contributed by atoms with Crippen LogP contribution in [0, 0.1) is 10.1 Å². The molecule has 10 heteroatoms. The number of aldehydes is 1. The Morgan fingerprint density at radius 3 is 2.47 bits per heavy atom. The van der Waals surface area contributed by atoms with E-state index in [4.69, 9.17) is 0 Å². The zero-order chi connectivity index (χ0) is 13.2. The first-order valence-electron chi connectivity index (χ1n) is 3.87. The summed E-state index contributed by atoms with van der Waals surface area (Å²) < 4.78 is 39.2. The molecule has 0 saturated carbocycles. The van der Waals surface area contributed by atoms with E-state index >= 15 is 0 Å². The van der Waals surface area contributed by atoms with Crippen molar-refractivity contribution in [2.75, 3.05) is 0 Å². The van der Waals surface area contributed by atoms with Gasteiger partial charge in [-0.15, -0.1) is 13.2 Å². The van der Waals surface area contributed by atoms with Gasteiger partial charge in [0.15, 0.2) is 6.29 Å². The van der Waals surface area contributed by atoms with Crippen LogP contribution in [0.15, 0.2) is 11.0 Å². The van der Waals surface area contributed by atoms with Gasteiger partial charge < -0.3 is 9.72 Å². The SMILES string of the molecule is O=Cc1c[nH]c(=O)c([N+](=O)[O-])c1OC(F)(F)F. The van der Waals surface area contributed by atoms with E-state index in [1.165, 1.54) is 0 Å². The molecule has 1 aromatic rings. The highest BCUT2D eigenvalue weighted by atomic mass is 19.4. The van der Waals surface area contributed by atoms with Crippen molar-refractivity contribution in [3.8, 4) is 5.75 Å². The number of H-pyrrole nitrogens is 1. The molecule has 0 aromatic carbocycles. The second kappa shape index (κ2) is 4.23. The minimum Gasteiger partial charge on any atom is -0.397 e. The lowest BCUT2D eigenvalue weighted by Gasteiger charge is -2.09. The fraction of sp³-hybridized carbons (Fsp3) is 0.143. The predicted octanol–water partition coefficient (Wildman–Crippen LogP) is 0.994. The smallest absolute Gasteiger partial charge is 0.397 e. The van der Waals surface area contributed by atoms with Gasteiger partial charge in [-0.2, -0.15) is 0 Å². The molecular weight excluding hydrogens is 249 g/mol. The fourth-order valence-corrected chi connectivity index (χ4v) is 0.993. The van der Waals surface area contributed by atoms with Crippen molar-refractivity contribution in [3.63, 3.8) is 0 Å². The average molecular weight is 252 g/mol. The number of rotatable bonds is 3. The lowest BCUT2D eigenvalue weighted by atomic mass is 10.2. The molecule has 0 aliphatic heterocycles. The Morgan fingerprint density at radius 1 is 1.47 bits per heavy atom. The Morgan fingerprint density at radius 2 is 2.06 bits per heavy atom. The molecule has 1 rings (SSSR count). The van der Waals surface area contributed by atoms with E-state index in [0.29, 0.717) is 6.20 Å². The van der Waals surface area contributed by atoms with Gasteiger partial charge in [0, 0.05) is 6.20 Å². The number of halogens is 3. The van der Waals surface area contributed by atoms with Crippen LogP contribution < -0.4 is 10.3 Å². The minimum atomic E-state index is -5.25. The van der Waals surface area contributed by atoms with E-state index in [9.17, 15) is 32.9 Å². The molecule has 0 spiro atoms. The Balaban J connectivity index is 3.51. The molecule has 1 aromatic heterocycles. The predicted molar refractivity (Wildman–Crippen MR) is 45.8 cm³/mol. The first kappa shape index (κ1) is 12.7. The van der Waals surface area contributed by atoms with Crippen LogP contribution in [0.1, 0.15) is 10.4 Å². The number of hydrogen-bond donors (Lipinski definition) is 1.